The smallest absolute Gasteiger partial charge is 0.326 e. The van der Waals surface area contributed by atoms with Crippen molar-refractivity contribution in [3.8, 4) is 0 Å². The molecule has 0 bridgehead atoms. The number of hydrogen-bond donors (Lipinski definition) is 2. The first-order valence-corrected chi connectivity index (χ1v) is 11.2. The normalized spacial score (nSPS) is 23.2. The number of anilines is 1. The van der Waals surface area contributed by atoms with Crippen molar-refractivity contribution in [2.24, 2.45) is 11.3 Å². The van der Waals surface area contributed by atoms with Crippen LogP contribution in [0.2, 0.25) is 0 Å². The van der Waals surface area contributed by atoms with E-state index in [0.717, 1.165) is 29.7 Å². The van der Waals surface area contributed by atoms with E-state index >= 15 is 0 Å². The number of carbonyl (C=O) groups excluding carboxylic acids is 4. The zero-order valence-electron chi connectivity index (χ0n) is 19.3. The predicted octanol–water partition coefficient (Wildman–Crippen LogP) is 3.26. The molecule has 1 saturated carbocycles. The third kappa shape index (κ3) is 5.29. The Balaban J connectivity index is 1.50. The lowest BCUT2D eigenvalue weighted by Gasteiger charge is -2.40. The summed E-state index contributed by atoms with van der Waals surface area (Å²) in [5.74, 6) is -1.19. The third-order valence-corrected chi connectivity index (χ3v) is 6.58. The molecule has 0 aromatic heterocycles. The van der Waals surface area contributed by atoms with Crippen LogP contribution in [-0.2, 0) is 25.5 Å². The highest BCUT2D eigenvalue weighted by Gasteiger charge is 2.53. The van der Waals surface area contributed by atoms with Gasteiger partial charge in [0, 0.05) is 5.69 Å². The molecule has 2 N–H and O–H groups in total. The Morgan fingerprint density at radius 2 is 1.91 bits per heavy atom. The summed E-state index contributed by atoms with van der Waals surface area (Å²) in [6, 6.07) is 6.81. The SMILES string of the molecule is CCc1cccc(NC(=O)COC(=O)CN2C(=O)NC3(CCC(C(C)(C)C)CC3)C2=O)c1. The minimum atomic E-state index is -0.930. The first-order valence-electron chi connectivity index (χ1n) is 11.2. The first kappa shape index (κ1) is 23.8. The van der Waals surface area contributed by atoms with Crippen LogP contribution in [0.15, 0.2) is 24.3 Å². The number of nitrogens with zero attached hydrogens (tertiary/aromatic N) is 1. The Morgan fingerprint density at radius 1 is 1.22 bits per heavy atom. The average Bonchev–Trinajstić information content (AvgIpc) is 2.96. The number of esters is 1. The van der Waals surface area contributed by atoms with E-state index < -0.39 is 36.6 Å². The molecule has 2 fully saturated rings. The fraction of sp³-hybridized carbons (Fsp3) is 0.583. The number of ether oxygens (including phenoxy) is 1. The number of benzene rings is 1. The van der Waals surface area contributed by atoms with Gasteiger partial charge in [0.15, 0.2) is 6.61 Å². The summed E-state index contributed by atoms with van der Waals surface area (Å²) in [4.78, 5) is 50.6. The van der Waals surface area contributed by atoms with Crippen molar-refractivity contribution in [1.82, 2.24) is 10.2 Å². The fourth-order valence-electron chi connectivity index (χ4n) is 4.52. The zero-order valence-corrected chi connectivity index (χ0v) is 19.3. The molecular weight excluding hydrogens is 410 g/mol. The molecule has 32 heavy (non-hydrogen) atoms. The van der Waals surface area contributed by atoms with Gasteiger partial charge in [-0.15, -0.1) is 0 Å². The van der Waals surface area contributed by atoms with Gasteiger partial charge in [0.25, 0.3) is 11.8 Å². The van der Waals surface area contributed by atoms with Gasteiger partial charge in [0.2, 0.25) is 0 Å². The minimum absolute atomic E-state index is 0.148. The number of hydrogen-bond acceptors (Lipinski definition) is 5. The molecule has 174 valence electrons. The van der Waals surface area contributed by atoms with Gasteiger partial charge in [-0.25, -0.2) is 4.79 Å². The molecule has 3 rings (SSSR count). The Bertz CT molecular complexity index is 897. The predicted molar refractivity (Wildman–Crippen MR) is 120 cm³/mol. The second-order valence-corrected chi connectivity index (χ2v) is 9.81. The number of rotatable bonds is 6. The topological polar surface area (TPSA) is 105 Å². The second-order valence-electron chi connectivity index (χ2n) is 9.81. The van der Waals surface area contributed by atoms with Gasteiger partial charge in [-0.3, -0.25) is 19.3 Å². The fourth-order valence-corrected chi connectivity index (χ4v) is 4.52. The van der Waals surface area contributed by atoms with Crippen molar-refractivity contribution in [2.75, 3.05) is 18.5 Å². The van der Waals surface area contributed by atoms with Crippen LogP contribution in [0.1, 0.15) is 58.9 Å². The Morgan fingerprint density at radius 3 is 2.53 bits per heavy atom. The molecule has 1 aliphatic carbocycles. The summed E-state index contributed by atoms with van der Waals surface area (Å²) in [5, 5.41) is 5.48. The molecule has 0 atom stereocenters. The molecule has 1 aromatic rings. The van der Waals surface area contributed by atoms with Gasteiger partial charge in [0.1, 0.15) is 12.1 Å². The monoisotopic (exact) mass is 443 g/mol. The summed E-state index contributed by atoms with van der Waals surface area (Å²) < 4.78 is 5.00. The highest BCUT2D eigenvalue weighted by atomic mass is 16.5. The molecule has 8 nitrogen and oxygen atoms in total. The second kappa shape index (κ2) is 9.30. The lowest BCUT2D eigenvalue weighted by Crippen LogP contribution is -2.50. The molecule has 0 radical (unpaired) electrons. The van der Waals surface area contributed by atoms with Gasteiger partial charge < -0.3 is 15.4 Å². The molecule has 1 saturated heterocycles. The number of carbonyl (C=O) groups is 4. The van der Waals surface area contributed by atoms with Crippen molar-refractivity contribution in [2.45, 2.75) is 65.3 Å². The lowest BCUT2D eigenvalue weighted by atomic mass is 9.67. The molecule has 1 aliphatic heterocycles. The average molecular weight is 444 g/mol. The van der Waals surface area contributed by atoms with Gasteiger partial charge in [0.05, 0.1) is 0 Å². The van der Waals surface area contributed by atoms with E-state index in [0.29, 0.717) is 24.4 Å². The summed E-state index contributed by atoms with van der Waals surface area (Å²) >= 11 is 0. The summed E-state index contributed by atoms with van der Waals surface area (Å²) in [7, 11) is 0. The molecule has 8 heteroatoms. The molecule has 4 amide bonds. The van der Waals surface area contributed by atoms with Crippen LogP contribution in [0, 0.1) is 11.3 Å². The highest BCUT2D eigenvalue weighted by molar-refractivity contribution is 6.08. The largest absolute Gasteiger partial charge is 0.454 e. The van der Waals surface area contributed by atoms with Crippen molar-refractivity contribution in [3.05, 3.63) is 29.8 Å². The molecular formula is C24H33N3O5. The van der Waals surface area contributed by atoms with Gasteiger partial charge in [-0.1, -0.05) is 39.8 Å². The molecule has 1 aromatic carbocycles. The standard InChI is InChI=1S/C24H33N3O5/c1-5-16-7-6-8-18(13-16)25-19(28)15-32-20(29)14-27-21(30)24(26-22(27)31)11-9-17(10-12-24)23(2,3)4/h6-8,13,17H,5,9-12,14-15H2,1-4H3,(H,25,28)(H,26,31). The van der Waals surface area contributed by atoms with E-state index in [1.165, 1.54) is 0 Å². The van der Waals surface area contributed by atoms with Crippen molar-refractivity contribution in [3.63, 3.8) is 0 Å². The van der Waals surface area contributed by atoms with Gasteiger partial charge >= 0.3 is 12.0 Å². The third-order valence-electron chi connectivity index (χ3n) is 6.58. The van der Waals surface area contributed by atoms with Crippen LogP contribution in [0.3, 0.4) is 0 Å². The zero-order chi connectivity index (χ0) is 23.5. The molecule has 1 heterocycles. The van der Waals surface area contributed by atoms with Crippen LogP contribution in [0.4, 0.5) is 10.5 Å². The quantitative estimate of drug-likeness (QED) is 0.519. The van der Waals surface area contributed by atoms with Crippen LogP contribution in [-0.4, -0.2) is 47.4 Å². The van der Waals surface area contributed by atoms with Gasteiger partial charge in [-0.2, -0.15) is 0 Å². The number of aryl methyl sites for hydroxylation is 1. The number of urea groups is 1. The van der Waals surface area contributed by atoms with Crippen LogP contribution >= 0.6 is 0 Å². The maximum Gasteiger partial charge on any atom is 0.326 e. The lowest BCUT2D eigenvalue weighted by molar-refractivity contribution is -0.150. The molecule has 1 spiro atoms. The summed E-state index contributed by atoms with van der Waals surface area (Å²) in [6.45, 7) is 7.57. The minimum Gasteiger partial charge on any atom is -0.454 e. The van der Waals surface area contributed by atoms with E-state index in [2.05, 4.69) is 31.4 Å². The Labute approximate surface area is 189 Å². The Kier molecular flexibility index (Phi) is 6.91. The number of amides is 4. The number of nitrogens with one attached hydrogen (secondary N) is 2. The maximum absolute atomic E-state index is 13.0. The van der Waals surface area contributed by atoms with E-state index in [4.69, 9.17) is 4.74 Å². The van der Waals surface area contributed by atoms with Crippen LogP contribution in [0.5, 0.6) is 0 Å². The number of imide groups is 1. The first-order chi connectivity index (χ1) is 15.0. The summed E-state index contributed by atoms with van der Waals surface area (Å²) in [6.07, 6.45) is 3.64. The van der Waals surface area contributed by atoms with Gasteiger partial charge in [-0.05, 0) is 61.1 Å². The maximum atomic E-state index is 13.0. The van der Waals surface area contributed by atoms with E-state index in [-0.39, 0.29) is 11.3 Å². The van der Waals surface area contributed by atoms with Crippen molar-refractivity contribution < 1.29 is 23.9 Å². The Hall–Kier alpha value is -2.90. The summed E-state index contributed by atoms with van der Waals surface area (Å²) in [5.41, 5.74) is 0.909. The molecule has 2 aliphatic rings. The van der Waals surface area contributed by atoms with Crippen LogP contribution in [0.25, 0.3) is 0 Å². The van der Waals surface area contributed by atoms with E-state index in [1.54, 1.807) is 6.07 Å². The van der Waals surface area contributed by atoms with E-state index in [9.17, 15) is 19.2 Å². The highest BCUT2D eigenvalue weighted by Crippen LogP contribution is 2.43. The molecule has 0 unspecified atom stereocenters. The van der Waals surface area contributed by atoms with Crippen molar-refractivity contribution >= 4 is 29.5 Å². The van der Waals surface area contributed by atoms with E-state index in [1.807, 2.05) is 25.1 Å². The van der Waals surface area contributed by atoms with Crippen LogP contribution < -0.4 is 10.6 Å². The van der Waals surface area contributed by atoms with Crippen molar-refractivity contribution in [1.29, 1.82) is 0 Å².